The molecule has 8 radical (unpaired) electrons. The minimum absolute atomic E-state index is 0. The molecular formula is AsFeNNiS. The molecule has 0 fully saturated rings. The number of hydrogen-bond donors (Lipinski definition) is 0. The van der Waals surface area contributed by atoms with Crippen LogP contribution in [0.25, 0.3) is 0 Å². The van der Waals surface area contributed by atoms with Crippen molar-refractivity contribution in [2.24, 2.45) is 0 Å². The van der Waals surface area contributed by atoms with E-state index in [-0.39, 0.29) is 71.2 Å². The van der Waals surface area contributed by atoms with Crippen molar-refractivity contribution in [3.05, 3.63) is 0 Å². The maximum absolute atomic E-state index is 0. The SMILES string of the molecule is [As].[Fe].[N].[Ni].[S]. The first-order chi connectivity index (χ1) is 0. The van der Waals surface area contributed by atoms with Crippen LogP contribution in [0.5, 0.6) is 0 Å². The molecule has 0 bridgehead atoms. The van der Waals surface area contributed by atoms with Crippen molar-refractivity contribution >= 4 is 31.4 Å². The van der Waals surface area contributed by atoms with E-state index in [2.05, 4.69) is 0 Å². The molecule has 0 unspecified atom stereocenters. The summed E-state index contributed by atoms with van der Waals surface area (Å²) in [4.78, 5) is 0. The first kappa shape index (κ1) is 67.2. The minimum atomic E-state index is 0. The van der Waals surface area contributed by atoms with Gasteiger partial charge in [-0.1, -0.05) is 0 Å². The second-order valence-electron chi connectivity index (χ2n) is 0. The minimum Gasteiger partial charge on any atom is 0 e. The summed E-state index contributed by atoms with van der Waals surface area (Å²) < 4.78 is 0. The summed E-state index contributed by atoms with van der Waals surface area (Å²) >= 11 is 0. The number of hydrogen-bond acceptors (Lipinski definition) is 0. The van der Waals surface area contributed by atoms with Crippen molar-refractivity contribution in [1.82, 2.24) is 6.15 Å². The first-order valence-electron chi connectivity index (χ1n) is 0. The molecule has 0 spiro atoms. The topological polar surface area (TPSA) is 30.5 Å². The van der Waals surface area contributed by atoms with Crippen molar-refractivity contribution in [2.75, 3.05) is 0 Å². The molecule has 0 heterocycles. The summed E-state index contributed by atoms with van der Waals surface area (Å²) in [5.74, 6) is 0. The first-order valence-corrected chi connectivity index (χ1v) is 0. The molecular weight excluding hydrogens is 236 g/mol. The standard InChI is InChI=1S/As.Fe.N.Ni.S. The predicted octanol–water partition coefficient (Wildman–Crippen LogP) is -0.218. The normalized spacial score (nSPS) is 0. The van der Waals surface area contributed by atoms with E-state index in [0.29, 0.717) is 0 Å². The fourth-order valence-electron chi connectivity index (χ4n) is 0. The molecule has 0 rings (SSSR count). The molecule has 0 aromatic carbocycles. The third-order valence-electron chi connectivity index (χ3n) is 0. The van der Waals surface area contributed by atoms with Crippen LogP contribution < -0.4 is 6.15 Å². The Kier molecular flexibility index (Phi) is 532. The summed E-state index contributed by atoms with van der Waals surface area (Å²) in [6.45, 7) is 0. The summed E-state index contributed by atoms with van der Waals surface area (Å²) in [6.07, 6.45) is 0. The van der Waals surface area contributed by atoms with E-state index in [1.54, 1.807) is 0 Å². The van der Waals surface area contributed by atoms with E-state index in [1.165, 1.54) is 0 Å². The Hall–Kier alpha value is 1.88. The Morgan fingerprint density at radius 3 is 1.00 bits per heavy atom. The molecule has 0 atom stereocenters. The fraction of sp³-hybridized carbons (Fsp3) is 0. The van der Waals surface area contributed by atoms with Crippen LogP contribution in [0.3, 0.4) is 0 Å². The van der Waals surface area contributed by atoms with E-state index in [9.17, 15) is 0 Å². The van der Waals surface area contributed by atoms with Gasteiger partial charge in [-0.25, -0.2) is 0 Å². The molecule has 0 aliphatic carbocycles. The van der Waals surface area contributed by atoms with Crippen LogP contribution in [0.1, 0.15) is 0 Å². The molecule has 0 aliphatic rings. The predicted molar refractivity (Wildman–Crippen MR) is 15.5 cm³/mol. The average Bonchev–Trinajstić information content (AvgIpc) is 0. The monoisotopic (exact) mass is 235 g/mol. The van der Waals surface area contributed by atoms with Gasteiger partial charge in [0.25, 0.3) is 0 Å². The van der Waals surface area contributed by atoms with Gasteiger partial charge in [0.2, 0.25) is 0 Å². The number of nitrogens with zero attached hydrogens (tertiary/aromatic N) is 1. The molecule has 0 saturated carbocycles. The van der Waals surface area contributed by atoms with Gasteiger partial charge in [0.15, 0.2) is 0 Å². The van der Waals surface area contributed by atoms with Crippen LogP contribution >= 0.6 is 13.5 Å². The van der Waals surface area contributed by atoms with Gasteiger partial charge in [0.05, 0.1) is 0 Å². The van der Waals surface area contributed by atoms with E-state index in [0.717, 1.165) is 0 Å². The zero-order chi connectivity index (χ0) is 0. The molecule has 34 valence electrons. The summed E-state index contributed by atoms with van der Waals surface area (Å²) in [5, 5.41) is 0. The average molecular weight is 236 g/mol. The maximum Gasteiger partial charge on any atom is 0 e. The molecule has 0 N–H and O–H groups in total. The van der Waals surface area contributed by atoms with Crippen molar-refractivity contribution < 1.29 is 33.6 Å². The van der Waals surface area contributed by atoms with Crippen LogP contribution in [0.15, 0.2) is 0 Å². The molecule has 1 nitrogen and oxygen atoms in total. The largest absolute Gasteiger partial charge is 0 e. The van der Waals surface area contributed by atoms with Gasteiger partial charge in [-0.2, -0.15) is 0 Å². The second kappa shape index (κ2) is 39.6. The van der Waals surface area contributed by atoms with Crippen LogP contribution in [-0.4, -0.2) is 18.0 Å². The van der Waals surface area contributed by atoms with Crippen molar-refractivity contribution in [1.29, 1.82) is 0 Å². The molecule has 5 heavy (non-hydrogen) atoms. The van der Waals surface area contributed by atoms with E-state index in [1.807, 2.05) is 0 Å². The van der Waals surface area contributed by atoms with Crippen molar-refractivity contribution in [3.8, 4) is 0 Å². The number of rotatable bonds is 0. The van der Waals surface area contributed by atoms with Crippen molar-refractivity contribution in [2.45, 2.75) is 0 Å². The summed E-state index contributed by atoms with van der Waals surface area (Å²) in [7, 11) is 0. The molecule has 0 aromatic rings. The van der Waals surface area contributed by atoms with Gasteiger partial charge in [0.1, 0.15) is 0 Å². The molecule has 0 aromatic heterocycles. The Labute approximate surface area is 70.8 Å². The molecule has 5 heteroatoms. The quantitative estimate of drug-likeness (QED) is 0.520. The zero-order valence-corrected chi connectivity index (χ0v) is 6.76. The van der Waals surface area contributed by atoms with Gasteiger partial charge < -0.3 is 0 Å². The Morgan fingerprint density at radius 2 is 1.00 bits per heavy atom. The van der Waals surface area contributed by atoms with E-state index < -0.39 is 0 Å². The van der Waals surface area contributed by atoms with Crippen molar-refractivity contribution in [3.63, 3.8) is 0 Å². The third kappa shape index (κ3) is 25.0. The Morgan fingerprint density at radius 1 is 1.00 bits per heavy atom. The maximum atomic E-state index is 0. The van der Waals surface area contributed by atoms with E-state index in [4.69, 9.17) is 0 Å². The smallest absolute Gasteiger partial charge is 0 e. The van der Waals surface area contributed by atoms with Crippen LogP contribution in [0, 0.1) is 0 Å². The van der Waals surface area contributed by atoms with Crippen LogP contribution in [-0.2, 0) is 33.6 Å². The van der Waals surface area contributed by atoms with Gasteiger partial charge >= 0.3 is 0 Å². The zero-order valence-electron chi connectivity index (χ0n) is 1.97. The second-order valence-corrected chi connectivity index (χ2v) is 0. The van der Waals surface area contributed by atoms with Crippen LogP contribution in [0.2, 0.25) is 0 Å². The Balaban J connectivity index is 0. The van der Waals surface area contributed by atoms with Gasteiger partial charge in [0, 0.05) is 71.2 Å². The summed E-state index contributed by atoms with van der Waals surface area (Å²) in [6, 6.07) is 0. The summed E-state index contributed by atoms with van der Waals surface area (Å²) in [5.41, 5.74) is 0. The fourth-order valence-corrected chi connectivity index (χ4v) is 0. The molecule has 0 aliphatic heterocycles. The molecule has 0 saturated heterocycles. The van der Waals surface area contributed by atoms with Crippen LogP contribution in [0.4, 0.5) is 0 Å². The van der Waals surface area contributed by atoms with Gasteiger partial charge in [-0.05, 0) is 0 Å². The van der Waals surface area contributed by atoms with E-state index >= 15 is 0 Å². The molecule has 0 amide bonds. The van der Waals surface area contributed by atoms with Gasteiger partial charge in [-0.15, -0.1) is 0 Å². The Bertz CT molecular complexity index is 11.6. The third-order valence-corrected chi connectivity index (χ3v) is 0. The van der Waals surface area contributed by atoms with Gasteiger partial charge in [-0.3, -0.25) is 0 Å².